The lowest BCUT2D eigenvalue weighted by molar-refractivity contribution is -0.124. The van der Waals surface area contributed by atoms with Gasteiger partial charge in [0.1, 0.15) is 4.88 Å². The van der Waals surface area contributed by atoms with Gasteiger partial charge in [0.05, 0.1) is 6.04 Å². The lowest BCUT2D eigenvalue weighted by Gasteiger charge is -2.14. The van der Waals surface area contributed by atoms with Gasteiger partial charge in [-0.2, -0.15) is 0 Å². The van der Waals surface area contributed by atoms with E-state index in [9.17, 15) is 9.59 Å². The zero-order valence-corrected chi connectivity index (χ0v) is 14.1. The molecule has 24 heavy (non-hydrogen) atoms. The molecule has 1 aliphatic heterocycles. The van der Waals surface area contributed by atoms with Crippen molar-refractivity contribution in [1.29, 1.82) is 0 Å². The van der Waals surface area contributed by atoms with Crippen molar-refractivity contribution >= 4 is 23.2 Å². The molecule has 3 rings (SSSR count). The normalized spacial score (nSPS) is 13.4. The highest BCUT2D eigenvalue weighted by Gasteiger charge is 2.18. The lowest BCUT2D eigenvalue weighted by Crippen LogP contribution is -2.31. The Hall–Kier alpha value is -2.54. The summed E-state index contributed by atoms with van der Waals surface area (Å²) < 4.78 is 15.6. The molecule has 1 N–H and O–H groups in total. The molecule has 0 bridgehead atoms. The van der Waals surface area contributed by atoms with Crippen LogP contribution in [0, 0.1) is 6.92 Å². The molecule has 0 unspecified atom stereocenters. The predicted octanol–water partition coefficient (Wildman–Crippen LogP) is 2.82. The van der Waals surface area contributed by atoms with Crippen molar-refractivity contribution in [2.24, 2.45) is 0 Å². The molecule has 1 atom stereocenters. The summed E-state index contributed by atoms with van der Waals surface area (Å²) in [7, 11) is 0. The van der Waals surface area contributed by atoms with Crippen molar-refractivity contribution in [2.45, 2.75) is 19.9 Å². The molecule has 1 amide bonds. The van der Waals surface area contributed by atoms with E-state index >= 15 is 0 Å². The Morgan fingerprint density at radius 2 is 2.04 bits per heavy atom. The van der Waals surface area contributed by atoms with Crippen LogP contribution in [0.2, 0.25) is 0 Å². The summed E-state index contributed by atoms with van der Waals surface area (Å²) >= 11 is 1.34. The molecule has 1 aromatic heterocycles. The zero-order chi connectivity index (χ0) is 17.1. The maximum Gasteiger partial charge on any atom is 0.348 e. The van der Waals surface area contributed by atoms with Crippen LogP contribution in [-0.4, -0.2) is 25.3 Å². The van der Waals surface area contributed by atoms with E-state index < -0.39 is 5.97 Å². The number of nitrogens with one attached hydrogen (secondary N) is 1. The van der Waals surface area contributed by atoms with E-state index in [0.29, 0.717) is 16.4 Å². The Morgan fingerprint density at radius 3 is 2.79 bits per heavy atom. The molecule has 6 nitrogen and oxygen atoms in total. The summed E-state index contributed by atoms with van der Waals surface area (Å²) in [4.78, 5) is 25.3. The number of thiophene rings is 1. The van der Waals surface area contributed by atoms with Gasteiger partial charge >= 0.3 is 5.97 Å². The number of ether oxygens (including phenoxy) is 3. The number of amides is 1. The molecule has 0 saturated heterocycles. The highest BCUT2D eigenvalue weighted by Crippen LogP contribution is 2.34. The monoisotopic (exact) mass is 347 g/mol. The van der Waals surface area contributed by atoms with E-state index in [1.165, 1.54) is 11.3 Å². The van der Waals surface area contributed by atoms with E-state index in [2.05, 4.69) is 5.32 Å². The maximum absolute atomic E-state index is 12.0. The number of aryl methyl sites for hydroxylation is 1. The number of rotatable bonds is 5. The minimum atomic E-state index is -0.487. The number of hydrogen-bond donors (Lipinski definition) is 1. The Morgan fingerprint density at radius 1 is 1.25 bits per heavy atom. The zero-order valence-electron chi connectivity index (χ0n) is 13.3. The van der Waals surface area contributed by atoms with E-state index in [1.807, 2.05) is 32.0 Å². The summed E-state index contributed by atoms with van der Waals surface area (Å²) in [6.45, 7) is 3.64. The fourth-order valence-electron chi connectivity index (χ4n) is 2.30. The third-order valence-electron chi connectivity index (χ3n) is 3.55. The van der Waals surface area contributed by atoms with E-state index in [-0.39, 0.29) is 25.3 Å². The third-order valence-corrected chi connectivity index (χ3v) is 4.53. The molecule has 0 spiro atoms. The summed E-state index contributed by atoms with van der Waals surface area (Å²) in [6.07, 6.45) is 0. The number of carbonyl (C=O) groups is 2. The van der Waals surface area contributed by atoms with Crippen LogP contribution in [0.1, 0.15) is 33.1 Å². The van der Waals surface area contributed by atoms with Crippen molar-refractivity contribution < 1.29 is 23.8 Å². The minimum Gasteiger partial charge on any atom is -0.454 e. The quantitative estimate of drug-likeness (QED) is 0.842. The molecule has 2 heterocycles. The van der Waals surface area contributed by atoms with Crippen LogP contribution in [0.4, 0.5) is 0 Å². The number of esters is 1. The van der Waals surface area contributed by atoms with E-state index in [1.54, 1.807) is 12.1 Å². The predicted molar refractivity (Wildman–Crippen MR) is 88.5 cm³/mol. The topological polar surface area (TPSA) is 73.9 Å². The Bertz CT molecular complexity index is 770. The SMILES string of the molecule is Cc1ccc(C(=O)OCC(=O)N[C@H](C)c2ccc3c(c2)OCO3)s1. The van der Waals surface area contributed by atoms with Crippen molar-refractivity contribution in [3.05, 3.63) is 45.6 Å². The summed E-state index contributed by atoms with van der Waals surface area (Å²) in [5, 5.41) is 2.79. The van der Waals surface area contributed by atoms with Gasteiger partial charge in [-0.3, -0.25) is 4.79 Å². The number of carbonyl (C=O) groups excluding carboxylic acids is 2. The van der Waals surface area contributed by atoms with E-state index in [0.717, 1.165) is 10.4 Å². The first-order valence-corrected chi connectivity index (χ1v) is 8.27. The molecular weight excluding hydrogens is 330 g/mol. The first-order valence-electron chi connectivity index (χ1n) is 7.45. The highest BCUT2D eigenvalue weighted by atomic mass is 32.1. The van der Waals surface area contributed by atoms with Gasteiger partial charge in [0.25, 0.3) is 5.91 Å². The first-order chi connectivity index (χ1) is 11.5. The molecule has 0 fully saturated rings. The summed E-state index contributed by atoms with van der Waals surface area (Å²) in [6, 6.07) is 8.78. The summed E-state index contributed by atoms with van der Waals surface area (Å²) in [5.41, 5.74) is 0.882. The third kappa shape index (κ3) is 3.68. The molecule has 0 aliphatic carbocycles. The Kier molecular flexibility index (Phi) is 4.71. The molecule has 126 valence electrons. The Labute approximate surface area is 143 Å². The second-order valence-corrected chi connectivity index (χ2v) is 6.68. The smallest absolute Gasteiger partial charge is 0.348 e. The van der Waals surface area contributed by atoms with Crippen LogP contribution in [0.5, 0.6) is 11.5 Å². The van der Waals surface area contributed by atoms with Crippen LogP contribution >= 0.6 is 11.3 Å². The maximum atomic E-state index is 12.0. The number of fused-ring (bicyclic) bond motifs is 1. The highest BCUT2D eigenvalue weighted by molar-refractivity contribution is 7.13. The van der Waals surface area contributed by atoms with Crippen LogP contribution in [0.3, 0.4) is 0 Å². The van der Waals surface area contributed by atoms with Crippen molar-refractivity contribution in [3.63, 3.8) is 0 Å². The van der Waals surface area contributed by atoms with Gasteiger partial charge in [0, 0.05) is 4.88 Å². The molecule has 2 aromatic rings. The average molecular weight is 347 g/mol. The molecule has 0 radical (unpaired) electrons. The molecule has 1 aromatic carbocycles. The van der Waals surface area contributed by atoms with Crippen molar-refractivity contribution in [3.8, 4) is 11.5 Å². The van der Waals surface area contributed by atoms with Crippen LogP contribution < -0.4 is 14.8 Å². The van der Waals surface area contributed by atoms with E-state index in [4.69, 9.17) is 14.2 Å². The fraction of sp³-hybridized carbons (Fsp3) is 0.294. The van der Waals surface area contributed by atoms with Crippen molar-refractivity contribution in [1.82, 2.24) is 5.32 Å². The first kappa shape index (κ1) is 16.3. The molecule has 1 aliphatic rings. The van der Waals surface area contributed by atoms with Gasteiger partial charge in [0.2, 0.25) is 6.79 Å². The van der Waals surface area contributed by atoms with Gasteiger partial charge in [-0.25, -0.2) is 4.79 Å². The minimum absolute atomic E-state index is 0.206. The van der Waals surface area contributed by atoms with Crippen LogP contribution in [0.25, 0.3) is 0 Å². The van der Waals surface area contributed by atoms with Gasteiger partial charge < -0.3 is 19.5 Å². The fourth-order valence-corrected chi connectivity index (χ4v) is 3.06. The van der Waals surface area contributed by atoms with Crippen molar-refractivity contribution in [2.75, 3.05) is 13.4 Å². The number of benzene rings is 1. The molecular formula is C17H17NO5S. The van der Waals surface area contributed by atoms with Gasteiger partial charge in [-0.05, 0) is 43.7 Å². The number of hydrogen-bond acceptors (Lipinski definition) is 6. The van der Waals surface area contributed by atoms with Crippen LogP contribution in [0.15, 0.2) is 30.3 Å². The lowest BCUT2D eigenvalue weighted by atomic mass is 10.1. The molecule has 0 saturated carbocycles. The van der Waals surface area contributed by atoms with Crippen LogP contribution in [-0.2, 0) is 9.53 Å². The Balaban J connectivity index is 1.52. The van der Waals surface area contributed by atoms with Gasteiger partial charge in [0.15, 0.2) is 18.1 Å². The molecule has 7 heteroatoms. The second-order valence-electron chi connectivity index (χ2n) is 5.39. The van der Waals surface area contributed by atoms with Gasteiger partial charge in [-0.1, -0.05) is 6.07 Å². The second kappa shape index (κ2) is 6.92. The summed E-state index contributed by atoms with van der Waals surface area (Å²) in [5.74, 6) is 0.506. The largest absolute Gasteiger partial charge is 0.454 e. The van der Waals surface area contributed by atoms with Gasteiger partial charge in [-0.15, -0.1) is 11.3 Å². The average Bonchev–Trinajstić information content (AvgIpc) is 3.20. The standard InChI is InChI=1S/C17H17NO5S/c1-10-3-6-15(24-10)17(20)21-8-16(19)18-11(2)12-4-5-13-14(7-12)23-9-22-13/h3-7,11H,8-9H2,1-2H3,(H,18,19)/t11-/m1/s1.